The van der Waals surface area contributed by atoms with Gasteiger partial charge in [0, 0.05) is 0 Å². The molecule has 0 radical (unpaired) electrons. The van der Waals surface area contributed by atoms with Gasteiger partial charge in [-0.1, -0.05) is 6.58 Å². The third-order valence-corrected chi connectivity index (χ3v) is 2.10. The fourth-order valence-corrected chi connectivity index (χ4v) is 1.37. The Labute approximate surface area is 64.2 Å². The van der Waals surface area contributed by atoms with E-state index in [2.05, 4.69) is 6.58 Å². The van der Waals surface area contributed by atoms with Crippen LogP contribution in [-0.2, 0) is 9.53 Å². The molecule has 0 aromatic carbocycles. The molecule has 1 aliphatic heterocycles. The van der Waals surface area contributed by atoms with Gasteiger partial charge in [-0.25, -0.2) is 0 Å². The van der Waals surface area contributed by atoms with Crippen molar-refractivity contribution in [3.63, 3.8) is 0 Å². The average Bonchev–Trinajstić information content (AvgIpc) is 2.05. The van der Waals surface area contributed by atoms with Crippen LogP contribution in [-0.4, -0.2) is 29.3 Å². The first-order valence-electron chi connectivity index (χ1n) is 2.99. The van der Waals surface area contributed by atoms with E-state index in [1.54, 1.807) is 4.31 Å². The second kappa shape index (κ2) is 3.63. The highest BCUT2D eigenvalue weighted by atomic mass is 32.2. The SMILES string of the molecule is C=CC(=O)N1CCOCS1. The molecule has 1 heterocycles. The van der Waals surface area contributed by atoms with Crippen LogP contribution >= 0.6 is 11.9 Å². The van der Waals surface area contributed by atoms with Crippen LogP contribution in [0, 0.1) is 0 Å². The van der Waals surface area contributed by atoms with Crippen molar-refractivity contribution in [2.45, 2.75) is 0 Å². The molecule has 0 N–H and O–H groups in total. The van der Waals surface area contributed by atoms with Crippen LogP contribution in [0.1, 0.15) is 0 Å². The second-order valence-corrected chi connectivity index (χ2v) is 2.73. The van der Waals surface area contributed by atoms with Gasteiger partial charge in [0.25, 0.3) is 5.91 Å². The highest BCUT2D eigenvalue weighted by Crippen LogP contribution is 2.14. The number of carbonyl (C=O) groups is 1. The third-order valence-electron chi connectivity index (χ3n) is 1.15. The maximum atomic E-state index is 10.9. The number of hydrogen-bond acceptors (Lipinski definition) is 3. The van der Waals surface area contributed by atoms with Gasteiger partial charge in [-0.3, -0.25) is 9.10 Å². The lowest BCUT2D eigenvalue weighted by molar-refractivity contribution is -0.122. The number of nitrogens with zero attached hydrogens (tertiary/aromatic N) is 1. The Morgan fingerprint density at radius 2 is 2.60 bits per heavy atom. The van der Waals surface area contributed by atoms with Gasteiger partial charge >= 0.3 is 0 Å². The van der Waals surface area contributed by atoms with E-state index in [0.29, 0.717) is 19.1 Å². The Kier molecular flexibility index (Phi) is 2.77. The number of ether oxygens (including phenoxy) is 1. The molecule has 1 aliphatic rings. The van der Waals surface area contributed by atoms with E-state index < -0.39 is 0 Å². The lowest BCUT2D eigenvalue weighted by Gasteiger charge is -2.23. The van der Waals surface area contributed by atoms with Crippen molar-refractivity contribution in [1.82, 2.24) is 4.31 Å². The molecule has 1 amide bonds. The van der Waals surface area contributed by atoms with Crippen molar-refractivity contribution in [3.05, 3.63) is 12.7 Å². The minimum atomic E-state index is -0.0340. The average molecular weight is 159 g/mol. The predicted octanol–water partition coefficient (Wildman–Crippen LogP) is 0.637. The lowest BCUT2D eigenvalue weighted by Crippen LogP contribution is -2.30. The molecule has 0 bridgehead atoms. The van der Waals surface area contributed by atoms with Crippen LogP contribution in [0.2, 0.25) is 0 Å². The Bertz CT molecular complexity index is 143. The first-order valence-corrected chi connectivity index (χ1v) is 3.93. The van der Waals surface area contributed by atoms with Crippen LogP contribution in [0.15, 0.2) is 12.7 Å². The highest BCUT2D eigenvalue weighted by molar-refractivity contribution is 7.97. The maximum Gasteiger partial charge on any atom is 0.255 e. The number of rotatable bonds is 1. The molecule has 4 heteroatoms. The summed E-state index contributed by atoms with van der Waals surface area (Å²) < 4.78 is 6.68. The van der Waals surface area contributed by atoms with Gasteiger partial charge in [0.1, 0.15) is 5.94 Å². The molecular weight excluding hydrogens is 150 g/mol. The minimum Gasteiger partial charge on any atom is -0.367 e. The van der Waals surface area contributed by atoms with Gasteiger partial charge in [0.15, 0.2) is 0 Å². The Morgan fingerprint density at radius 3 is 3.10 bits per heavy atom. The molecule has 56 valence electrons. The van der Waals surface area contributed by atoms with Crippen LogP contribution in [0.4, 0.5) is 0 Å². The summed E-state index contributed by atoms with van der Waals surface area (Å²) in [7, 11) is 0. The molecule has 10 heavy (non-hydrogen) atoms. The second-order valence-electron chi connectivity index (χ2n) is 1.80. The van der Waals surface area contributed by atoms with Crippen LogP contribution in [0.3, 0.4) is 0 Å². The van der Waals surface area contributed by atoms with Gasteiger partial charge < -0.3 is 4.74 Å². The van der Waals surface area contributed by atoms with E-state index in [1.165, 1.54) is 18.0 Å². The monoisotopic (exact) mass is 159 g/mol. The summed E-state index contributed by atoms with van der Waals surface area (Å²) in [6.07, 6.45) is 1.32. The largest absolute Gasteiger partial charge is 0.367 e. The van der Waals surface area contributed by atoms with Crippen LogP contribution in [0.25, 0.3) is 0 Å². The first kappa shape index (κ1) is 7.63. The molecule has 0 spiro atoms. The summed E-state index contributed by atoms with van der Waals surface area (Å²) in [6, 6.07) is 0. The zero-order valence-corrected chi connectivity index (χ0v) is 6.39. The molecule has 0 atom stereocenters. The number of carbonyl (C=O) groups excluding carboxylic acids is 1. The van der Waals surface area contributed by atoms with Crippen molar-refractivity contribution >= 4 is 17.9 Å². The van der Waals surface area contributed by atoms with E-state index >= 15 is 0 Å². The third kappa shape index (κ3) is 1.75. The first-order chi connectivity index (χ1) is 4.84. The molecule has 0 aromatic rings. The smallest absolute Gasteiger partial charge is 0.255 e. The molecule has 1 saturated heterocycles. The number of hydrogen-bond donors (Lipinski definition) is 0. The van der Waals surface area contributed by atoms with E-state index in [-0.39, 0.29) is 5.91 Å². The molecule has 1 rings (SSSR count). The van der Waals surface area contributed by atoms with Crippen molar-refractivity contribution < 1.29 is 9.53 Å². The quantitative estimate of drug-likeness (QED) is 0.415. The van der Waals surface area contributed by atoms with E-state index in [9.17, 15) is 4.79 Å². The molecule has 0 saturated carbocycles. The fraction of sp³-hybridized carbons (Fsp3) is 0.500. The zero-order valence-electron chi connectivity index (χ0n) is 5.58. The van der Waals surface area contributed by atoms with Gasteiger partial charge in [0.2, 0.25) is 0 Å². The highest BCUT2D eigenvalue weighted by Gasteiger charge is 2.14. The lowest BCUT2D eigenvalue weighted by atomic mass is 10.5. The zero-order chi connectivity index (χ0) is 7.40. The topological polar surface area (TPSA) is 29.5 Å². The Balaban J connectivity index is 2.38. The molecule has 0 aliphatic carbocycles. The van der Waals surface area contributed by atoms with Crippen LogP contribution in [0.5, 0.6) is 0 Å². The summed E-state index contributed by atoms with van der Waals surface area (Å²) in [5, 5.41) is 0. The van der Waals surface area contributed by atoms with Gasteiger partial charge in [-0.05, 0) is 18.0 Å². The van der Waals surface area contributed by atoms with Crippen molar-refractivity contribution in [1.29, 1.82) is 0 Å². The predicted molar refractivity (Wildman–Crippen MR) is 40.3 cm³/mol. The maximum absolute atomic E-state index is 10.9. The minimum absolute atomic E-state index is 0.0340. The molecule has 0 unspecified atom stereocenters. The van der Waals surface area contributed by atoms with Crippen LogP contribution < -0.4 is 0 Å². The Hall–Kier alpha value is -0.480. The standard InChI is InChI=1S/C6H9NO2S/c1-2-6(8)7-3-4-9-5-10-7/h2H,1,3-5H2. The fourth-order valence-electron chi connectivity index (χ4n) is 0.647. The summed E-state index contributed by atoms with van der Waals surface area (Å²) in [5.41, 5.74) is 0. The van der Waals surface area contributed by atoms with Crippen molar-refractivity contribution in [3.8, 4) is 0 Å². The molecule has 3 nitrogen and oxygen atoms in total. The summed E-state index contributed by atoms with van der Waals surface area (Å²) in [6.45, 7) is 4.68. The van der Waals surface area contributed by atoms with E-state index in [0.717, 1.165) is 0 Å². The van der Waals surface area contributed by atoms with Gasteiger partial charge in [0.05, 0.1) is 13.2 Å². The van der Waals surface area contributed by atoms with Gasteiger partial charge in [-0.15, -0.1) is 0 Å². The summed E-state index contributed by atoms with van der Waals surface area (Å²) in [5.74, 6) is 0.535. The normalized spacial score (nSPS) is 18.6. The van der Waals surface area contributed by atoms with Crippen molar-refractivity contribution in [2.75, 3.05) is 19.1 Å². The van der Waals surface area contributed by atoms with Gasteiger partial charge in [-0.2, -0.15) is 0 Å². The molecule has 0 aromatic heterocycles. The Morgan fingerprint density at radius 1 is 1.80 bits per heavy atom. The van der Waals surface area contributed by atoms with Crippen molar-refractivity contribution in [2.24, 2.45) is 0 Å². The summed E-state index contributed by atoms with van der Waals surface area (Å²) in [4.78, 5) is 10.9. The van der Waals surface area contributed by atoms with E-state index in [4.69, 9.17) is 4.74 Å². The number of amides is 1. The summed E-state index contributed by atoms with van der Waals surface area (Å²) >= 11 is 1.39. The molecule has 1 fully saturated rings. The van der Waals surface area contributed by atoms with E-state index in [1.807, 2.05) is 0 Å². The molecular formula is C6H9NO2S.